The molecule has 3 aromatic heterocycles. The fourth-order valence-corrected chi connectivity index (χ4v) is 8.75. The SMILES string of the molecule is c1ccc(-c2nc3c(-c4ccc(N(c5ccc(-c6cccc7c6oc6ccccc67)cc5)c5ccccc5-c5ccccc5)cc4)c4c(cc3o2)oc2ccccc24)cc1. The molecule has 0 aliphatic carbocycles. The second-order valence-corrected chi connectivity index (χ2v) is 15.0. The van der Waals surface area contributed by atoms with E-state index in [4.69, 9.17) is 18.2 Å². The van der Waals surface area contributed by atoms with Crippen molar-refractivity contribution in [3.63, 3.8) is 0 Å². The second kappa shape index (κ2) is 13.8. The lowest BCUT2D eigenvalue weighted by molar-refractivity contribution is 0.617. The molecule has 0 spiro atoms. The number of benzene rings is 9. The molecule has 3 heterocycles. The van der Waals surface area contributed by atoms with Gasteiger partial charge in [0.1, 0.15) is 27.8 Å². The van der Waals surface area contributed by atoms with Gasteiger partial charge in [0.05, 0.1) is 5.69 Å². The highest BCUT2D eigenvalue weighted by Gasteiger charge is 2.23. The van der Waals surface area contributed by atoms with Crippen molar-refractivity contribution in [2.45, 2.75) is 0 Å². The zero-order valence-corrected chi connectivity index (χ0v) is 32.2. The Kier molecular flexibility index (Phi) is 7.78. The molecule has 0 atom stereocenters. The van der Waals surface area contributed by atoms with E-state index in [9.17, 15) is 0 Å². The highest BCUT2D eigenvalue weighted by molar-refractivity contribution is 6.19. The zero-order valence-electron chi connectivity index (χ0n) is 32.2. The van der Waals surface area contributed by atoms with E-state index in [1.165, 1.54) is 0 Å². The summed E-state index contributed by atoms with van der Waals surface area (Å²) < 4.78 is 19.3. The van der Waals surface area contributed by atoms with Crippen LogP contribution in [0.15, 0.2) is 220 Å². The van der Waals surface area contributed by atoms with Crippen LogP contribution < -0.4 is 4.90 Å². The summed E-state index contributed by atoms with van der Waals surface area (Å²) in [4.78, 5) is 7.47. The third-order valence-electron chi connectivity index (χ3n) is 11.5. The predicted octanol–water partition coefficient (Wildman–Crippen LogP) is 15.8. The molecule has 0 unspecified atom stereocenters. The fourth-order valence-electron chi connectivity index (χ4n) is 8.75. The van der Waals surface area contributed by atoms with E-state index in [1.807, 2.05) is 60.7 Å². The number of aromatic nitrogens is 1. The van der Waals surface area contributed by atoms with Crippen molar-refractivity contribution < 1.29 is 13.3 Å². The van der Waals surface area contributed by atoms with Gasteiger partial charge in [0.25, 0.3) is 0 Å². The third-order valence-corrected chi connectivity index (χ3v) is 11.5. The lowest BCUT2D eigenvalue weighted by Crippen LogP contribution is -2.11. The number of anilines is 3. The highest BCUT2D eigenvalue weighted by Crippen LogP contribution is 2.46. The van der Waals surface area contributed by atoms with Crippen molar-refractivity contribution in [1.82, 2.24) is 4.98 Å². The Balaban J connectivity index is 1.02. The summed E-state index contributed by atoms with van der Waals surface area (Å²) in [5.41, 5.74) is 15.3. The van der Waals surface area contributed by atoms with E-state index in [2.05, 4.69) is 150 Å². The minimum absolute atomic E-state index is 0.573. The van der Waals surface area contributed by atoms with Crippen LogP contribution in [0, 0.1) is 0 Å². The molecule has 9 aromatic carbocycles. The van der Waals surface area contributed by atoms with E-state index in [0.717, 1.165) is 105 Å². The normalized spacial score (nSPS) is 11.7. The lowest BCUT2D eigenvalue weighted by atomic mass is 9.97. The summed E-state index contributed by atoms with van der Waals surface area (Å²) >= 11 is 0. The van der Waals surface area contributed by atoms with Crippen LogP contribution >= 0.6 is 0 Å². The number of hydrogen-bond acceptors (Lipinski definition) is 5. The molecule has 0 bridgehead atoms. The highest BCUT2D eigenvalue weighted by atomic mass is 16.4. The molecule has 0 saturated carbocycles. The Bertz CT molecular complexity index is 3530. The van der Waals surface area contributed by atoms with Crippen LogP contribution in [0.4, 0.5) is 17.1 Å². The zero-order chi connectivity index (χ0) is 39.6. The molecule has 12 aromatic rings. The van der Waals surface area contributed by atoms with Gasteiger partial charge in [-0.15, -0.1) is 0 Å². The molecule has 0 radical (unpaired) electrons. The van der Waals surface area contributed by atoms with Crippen molar-refractivity contribution in [1.29, 1.82) is 0 Å². The van der Waals surface area contributed by atoms with Gasteiger partial charge in [-0.05, 0) is 71.3 Å². The molecule has 60 heavy (non-hydrogen) atoms. The van der Waals surface area contributed by atoms with Crippen molar-refractivity contribution >= 4 is 72.0 Å². The Hall–Kier alpha value is -8.15. The maximum Gasteiger partial charge on any atom is 0.227 e. The molecule has 0 amide bonds. The maximum absolute atomic E-state index is 6.45. The van der Waals surface area contributed by atoms with Crippen LogP contribution in [0.1, 0.15) is 0 Å². The Labute approximate surface area is 345 Å². The van der Waals surface area contributed by atoms with Gasteiger partial charge < -0.3 is 18.2 Å². The van der Waals surface area contributed by atoms with Crippen molar-refractivity contribution in [2.24, 2.45) is 0 Å². The van der Waals surface area contributed by atoms with Crippen molar-refractivity contribution in [2.75, 3.05) is 4.90 Å². The molecular formula is C55H34N2O3. The molecule has 0 aliphatic heterocycles. The van der Waals surface area contributed by atoms with Gasteiger partial charge in [-0.2, -0.15) is 0 Å². The third kappa shape index (κ3) is 5.52. The molecular weight excluding hydrogens is 737 g/mol. The van der Waals surface area contributed by atoms with Gasteiger partial charge >= 0.3 is 0 Å². The van der Waals surface area contributed by atoms with Crippen LogP contribution in [-0.4, -0.2) is 4.98 Å². The summed E-state index contributed by atoms with van der Waals surface area (Å²) in [5, 5.41) is 4.29. The van der Waals surface area contributed by atoms with Gasteiger partial charge in [0, 0.05) is 61.2 Å². The molecule has 5 nitrogen and oxygen atoms in total. The quantitative estimate of drug-likeness (QED) is 0.162. The van der Waals surface area contributed by atoms with Crippen LogP contribution in [-0.2, 0) is 0 Å². The smallest absolute Gasteiger partial charge is 0.227 e. The standard InChI is InChI=1S/C55H34N2O3/c1-3-14-35(15-4-1)41-18-7-10-23-46(41)57(39-30-26-36(27-31-39)42-21-13-22-44-43-19-8-11-24-47(43)59-54(42)44)40-32-28-37(29-33-40)51-52-45-20-9-12-25-48(45)58-49(52)34-50-53(51)56-55(60-50)38-16-5-2-6-17-38/h1-34H. The number of nitrogens with zero attached hydrogens (tertiary/aromatic N) is 2. The van der Waals surface area contributed by atoms with E-state index in [1.54, 1.807) is 0 Å². The van der Waals surface area contributed by atoms with Gasteiger partial charge in [0.15, 0.2) is 5.58 Å². The Morgan fingerprint density at radius 3 is 1.68 bits per heavy atom. The van der Waals surface area contributed by atoms with Crippen LogP contribution in [0.2, 0.25) is 0 Å². The van der Waals surface area contributed by atoms with Gasteiger partial charge in [-0.3, -0.25) is 0 Å². The largest absolute Gasteiger partial charge is 0.456 e. The first-order valence-electron chi connectivity index (χ1n) is 20.1. The first-order chi connectivity index (χ1) is 29.7. The minimum Gasteiger partial charge on any atom is -0.456 e. The minimum atomic E-state index is 0.573. The summed E-state index contributed by atoms with van der Waals surface area (Å²) in [6, 6.07) is 71.6. The number of oxazole rings is 1. The van der Waals surface area contributed by atoms with E-state index < -0.39 is 0 Å². The molecule has 282 valence electrons. The van der Waals surface area contributed by atoms with Gasteiger partial charge in [0.2, 0.25) is 5.89 Å². The summed E-state index contributed by atoms with van der Waals surface area (Å²) in [6.45, 7) is 0. The Morgan fingerprint density at radius 2 is 0.933 bits per heavy atom. The molecule has 12 rings (SSSR count). The lowest BCUT2D eigenvalue weighted by Gasteiger charge is -2.28. The van der Waals surface area contributed by atoms with Gasteiger partial charge in [-0.1, -0.05) is 146 Å². The fraction of sp³-hybridized carbons (Fsp3) is 0. The topological polar surface area (TPSA) is 55.6 Å². The number of hydrogen-bond donors (Lipinski definition) is 0. The predicted molar refractivity (Wildman–Crippen MR) is 245 cm³/mol. The first-order valence-corrected chi connectivity index (χ1v) is 20.1. The van der Waals surface area contributed by atoms with Crippen LogP contribution in [0.5, 0.6) is 0 Å². The molecule has 0 N–H and O–H groups in total. The molecule has 0 saturated heterocycles. The average molecular weight is 771 g/mol. The van der Waals surface area contributed by atoms with Crippen LogP contribution in [0.3, 0.4) is 0 Å². The van der Waals surface area contributed by atoms with Crippen molar-refractivity contribution in [3.05, 3.63) is 206 Å². The number of furan rings is 2. The molecule has 0 aliphatic rings. The Morgan fingerprint density at radius 1 is 0.367 bits per heavy atom. The van der Waals surface area contributed by atoms with Crippen molar-refractivity contribution in [3.8, 4) is 44.8 Å². The summed E-state index contributed by atoms with van der Waals surface area (Å²) in [7, 11) is 0. The molecule has 0 fully saturated rings. The molecule has 5 heteroatoms. The first kappa shape index (κ1) is 33.9. The monoisotopic (exact) mass is 770 g/mol. The van der Waals surface area contributed by atoms with Gasteiger partial charge in [-0.25, -0.2) is 4.98 Å². The van der Waals surface area contributed by atoms with E-state index in [0.29, 0.717) is 11.5 Å². The summed E-state index contributed by atoms with van der Waals surface area (Å²) in [5.74, 6) is 0.573. The van der Waals surface area contributed by atoms with E-state index >= 15 is 0 Å². The maximum atomic E-state index is 6.45. The second-order valence-electron chi connectivity index (χ2n) is 15.0. The number of rotatable bonds is 7. The van der Waals surface area contributed by atoms with E-state index in [-0.39, 0.29) is 0 Å². The summed E-state index contributed by atoms with van der Waals surface area (Å²) in [6.07, 6.45) is 0. The number of para-hydroxylation sites is 4. The van der Waals surface area contributed by atoms with Crippen LogP contribution in [0.25, 0.3) is 99.8 Å². The average Bonchev–Trinajstić information content (AvgIpc) is 4.03. The number of fused-ring (bicyclic) bond motifs is 7.